The van der Waals surface area contributed by atoms with Crippen molar-refractivity contribution in [2.24, 2.45) is 0 Å². The molecule has 0 radical (unpaired) electrons. The molecule has 0 amide bonds. The van der Waals surface area contributed by atoms with Crippen molar-refractivity contribution in [2.75, 3.05) is 0 Å². The number of nitro benzene ring substituents is 1. The summed E-state index contributed by atoms with van der Waals surface area (Å²) in [5.74, 6) is -1.95. The van der Waals surface area contributed by atoms with Gasteiger partial charge >= 0.3 is 11.9 Å². The minimum Gasteiger partial charge on any atom is -0.393 e. The van der Waals surface area contributed by atoms with Crippen LogP contribution in [0.1, 0.15) is 23.5 Å². The lowest BCUT2D eigenvalue weighted by molar-refractivity contribution is -0.384. The smallest absolute Gasteiger partial charge is 0.321 e. The zero-order valence-electron chi connectivity index (χ0n) is 9.00. The Kier molecular flexibility index (Phi) is 2.63. The van der Waals surface area contributed by atoms with Crippen LogP contribution in [0.5, 0.6) is 0 Å². The first-order chi connectivity index (χ1) is 7.99. The van der Waals surface area contributed by atoms with E-state index in [4.69, 9.17) is 0 Å². The van der Waals surface area contributed by atoms with Crippen LogP contribution in [-0.4, -0.2) is 16.9 Å². The standard InChI is InChI=1S/C11H9NO5/c1-6-2-3-7(12(15)16)4-8(6)9-5-10(13)17-11(9)14/h2-4,9H,5H2,1H3. The number of rotatable bonds is 2. The number of hydrogen-bond donors (Lipinski definition) is 0. The molecule has 0 N–H and O–H groups in total. The fraction of sp³-hybridized carbons (Fsp3) is 0.273. The summed E-state index contributed by atoms with van der Waals surface area (Å²) < 4.78 is 4.44. The quantitative estimate of drug-likeness (QED) is 0.335. The van der Waals surface area contributed by atoms with Gasteiger partial charge in [0.15, 0.2) is 0 Å². The van der Waals surface area contributed by atoms with Gasteiger partial charge in [-0.2, -0.15) is 0 Å². The largest absolute Gasteiger partial charge is 0.393 e. The third-order valence-corrected chi connectivity index (χ3v) is 2.72. The molecule has 17 heavy (non-hydrogen) atoms. The zero-order chi connectivity index (χ0) is 12.6. The zero-order valence-corrected chi connectivity index (χ0v) is 9.00. The fourth-order valence-electron chi connectivity index (χ4n) is 1.83. The summed E-state index contributed by atoms with van der Waals surface area (Å²) in [6.45, 7) is 1.73. The highest BCUT2D eigenvalue weighted by molar-refractivity contribution is 5.98. The Morgan fingerprint density at radius 1 is 1.41 bits per heavy atom. The normalized spacial score (nSPS) is 19.2. The second kappa shape index (κ2) is 3.97. The average molecular weight is 235 g/mol. The summed E-state index contributed by atoms with van der Waals surface area (Å²) in [5, 5.41) is 10.6. The molecule has 0 spiro atoms. The second-order valence-electron chi connectivity index (χ2n) is 3.85. The highest BCUT2D eigenvalue weighted by Gasteiger charge is 2.36. The van der Waals surface area contributed by atoms with Crippen LogP contribution in [0.4, 0.5) is 5.69 Å². The van der Waals surface area contributed by atoms with Gasteiger partial charge < -0.3 is 4.74 Å². The molecular formula is C11H9NO5. The van der Waals surface area contributed by atoms with E-state index in [0.717, 1.165) is 5.56 Å². The van der Waals surface area contributed by atoms with Crippen molar-refractivity contribution in [3.63, 3.8) is 0 Å². The Morgan fingerprint density at radius 3 is 2.65 bits per heavy atom. The molecule has 1 atom stereocenters. The van der Waals surface area contributed by atoms with E-state index in [1.54, 1.807) is 13.0 Å². The van der Waals surface area contributed by atoms with Gasteiger partial charge in [-0.3, -0.25) is 19.7 Å². The number of carbonyl (C=O) groups excluding carboxylic acids is 2. The number of carbonyl (C=O) groups is 2. The highest BCUT2D eigenvalue weighted by Crippen LogP contribution is 2.31. The van der Waals surface area contributed by atoms with Crippen LogP contribution in [0, 0.1) is 17.0 Å². The second-order valence-corrected chi connectivity index (χ2v) is 3.85. The number of esters is 2. The first-order valence-electron chi connectivity index (χ1n) is 4.98. The van der Waals surface area contributed by atoms with Gasteiger partial charge in [0, 0.05) is 12.1 Å². The molecule has 0 aromatic heterocycles. The van der Waals surface area contributed by atoms with Gasteiger partial charge in [0.05, 0.1) is 17.3 Å². The predicted octanol–water partition coefficient (Wildman–Crippen LogP) is 1.46. The van der Waals surface area contributed by atoms with E-state index in [-0.39, 0.29) is 12.1 Å². The van der Waals surface area contributed by atoms with Crippen molar-refractivity contribution in [2.45, 2.75) is 19.3 Å². The summed E-state index contributed by atoms with van der Waals surface area (Å²) >= 11 is 0. The lowest BCUT2D eigenvalue weighted by atomic mass is 9.93. The first kappa shape index (κ1) is 11.3. The maximum Gasteiger partial charge on any atom is 0.321 e. The van der Waals surface area contributed by atoms with Gasteiger partial charge in [-0.05, 0) is 18.1 Å². The third kappa shape index (κ3) is 2.01. The lowest BCUT2D eigenvalue weighted by Gasteiger charge is -2.08. The molecule has 0 bridgehead atoms. The molecule has 6 nitrogen and oxygen atoms in total. The van der Waals surface area contributed by atoms with Crippen LogP contribution in [0.15, 0.2) is 18.2 Å². The van der Waals surface area contributed by atoms with E-state index < -0.39 is 22.8 Å². The van der Waals surface area contributed by atoms with Crippen molar-refractivity contribution >= 4 is 17.6 Å². The van der Waals surface area contributed by atoms with Gasteiger partial charge in [-0.15, -0.1) is 0 Å². The molecule has 1 fully saturated rings. The van der Waals surface area contributed by atoms with E-state index in [9.17, 15) is 19.7 Å². The van der Waals surface area contributed by atoms with E-state index in [0.29, 0.717) is 5.56 Å². The van der Waals surface area contributed by atoms with Gasteiger partial charge in [0.25, 0.3) is 5.69 Å². The van der Waals surface area contributed by atoms with E-state index in [2.05, 4.69) is 4.74 Å². The molecule has 1 heterocycles. The summed E-state index contributed by atoms with van der Waals surface area (Å²) in [7, 11) is 0. The summed E-state index contributed by atoms with van der Waals surface area (Å²) in [6.07, 6.45) is -0.0547. The van der Waals surface area contributed by atoms with Crippen molar-refractivity contribution in [3.8, 4) is 0 Å². The van der Waals surface area contributed by atoms with Crippen molar-refractivity contribution in [1.29, 1.82) is 0 Å². The van der Waals surface area contributed by atoms with Gasteiger partial charge in [-0.25, -0.2) is 0 Å². The maximum atomic E-state index is 11.4. The average Bonchev–Trinajstić information content (AvgIpc) is 2.58. The third-order valence-electron chi connectivity index (χ3n) is 2.72. The van der Waals surface area contributed by atoms with E-state index >= 15 is 0 Å². The Balaban J connectivity index is 2.44. The molecule has 1 aromatic rings. The van der Waals surface area contributed by atoms with Gasteiger partial charge in [-0.1, -0.05) is 6.07 Å². The Labute approximate surface area is 96.3 Å². The molecule has 6 heteroatoms. The van der Waals surface area contributed by atoms with Crippen LogP contribution in [0.25, 0.3) is 0 Å². The number of benzene rings is 1. The van der Waals surface area contributed by atoms with E-state index in [1.807, 2.05) is 0 Å². The Morgan fingerprint density at radius 2 is 2.12 bits per heavy atom. The number of hydrogen-bond acceptors (Lipinski definition) is 5. The van der Waals surface area contributed by atoms with Crippen LogP contribution in [-0.2, 0) is 14.3 Å². The number of non-ortho nitro benzene ring substituents is 1. The van der Waals surface area contributed by atoms with Crippen molar-refractivity contribution in [1.82, 2.24) is 0 Å². The van der Waals surface area contributed by atoms with Crippen molar-refractivity contribution < 1.29 is 19.2 Å². The van der Waals surface area contributed by atoms with E-state index in [1.165, 1.54) is 12.1 Å². The van der Waals surface area contributed by atoms with Gasteiger partial charge in [0.1, 0.15) is 0 Å². The molecule has 1 saturated heterocycles. The molecule has 1 aromatic carbocycles. The number of aryl methyl sites for hydroxylation is 1. The van der Waals surface area contributed by atoms with Crippen LogP contribution >= 0.6 is 0 Å². The van der Waals surface area contributed by atoms with Crippen LogP contribution in [0.2, 0.25) is 0 Å². The number of ether oxygens (including phenoxy) is 1. The molecule has 1 aliphatic rings. The lowest BCUT2D eigenvalue weighted by Crippen LogP contribution is -2.07. The molecular weight excluding hydrogens is 226 g/mol. The molecule has 2 rings (SSSR count). The Hall–Kier alpha value is -2.24. The van der Waals surface area contributed by atoms with Crippen LogP contribution in [0.3, 0.4) is 0 Å². The summed E-state index contributed by atoms with van der Waals surface area (Å²) in [6, 6.07) is 4.24. The summed E-state index contributed by atoms with van der Waals surface area (Å²) in [5.41, 5.74) is 1.11. The van der Waals surface area contributed by atoms with Gasteiger partial charge in [0.2, 0.25) is 0 Å². The topological polar surface area (TPSA) is 86.5 Å². The monoisotopic (exact) mass is 235 g/mol. The predicted molar refractivity (Wildman–Crippen MR) is 56.3 cm³/mol. The number of nitro groups is 1. The minimum atomic E-state index is -0.720. The molecule has 88 valence electrons. The molecule has 1 unspecified atom stereocenters. The molecule has 1 aliphatic heterocycles. The minimum absolute atomic E-state index is 0.0547. The maximum absolute atomic E-state index is 11.4. The van der Waals surface area contributed by atoms with Crippen LogP contribution < -0.4 is 0 Å². The molecule has 0 saturated carbocycles. The highest BCUT2D eigenvalue weighted by atomic mass is 16.6. The SMILES string of the molecule is Cc1ccc([N+](=O)[O-])cc1C1CC(=O)OC1=O. The summed E-state index contributed by atoms with van der Waals surface area (Å²) in [4.78, 5) is 32.5. The van der Waals surface area contributed by atoms with Crippen molar-refractivity contribution in [3.05, 3.63) is 39.4 Å². The fourth-order valence-corrected chi connectivity index (χ4v) is 1.83. The number of cyclic esters (lactones) is 2. The number of nitrogens with zero attached hydrogens (tertiary/aromatic N) is 1. The molecule has 0 aliphatic carbocycles. The Bertz CT molecular complexity index is 523. The first-order valence-corrected chi connectivity index (χ1v) is 4.98.